The third kappa shape index (κ3) is 7.72. The van der Waals surface area contributed by atoms with Gasteiger partial charge >= 0.3 is 0 Å². The molecule has 0 bridgehead atoms. The van der Waals surface area contributed by atoms with Crippen molar-refractivity contribution < 1.29 is 0 Å². The molecule has 0 aliphatic carbocycles. The van der Waals surface area contributed by atoms with Crippen LogP contribution in [-0.4, -0.2) is 4.98 Å². The SMILES string of the molecule is Cc1ccc(-c2ccc(-c3ccc(C)cn3)cc2)cc1.Cc1ccc(C#Cc2ccc(-c3ccc(C)cc3)cc2)cc1. The van der Waals surface area contributed by atoms with Crippen molar-refractivity contribution in [2.24, 2.45) is 0 Å². The highest BCUT2D eigenvalue weighted by atomic mass is 14.7. The number of hydrogen-bond acceptors (Lipinski definition) is 1. The molecular weight excluding hydrogens is 506 g/mol. The summed E-state index contributed by atoms with van der Waals surface area (Å²) < 4.78 is 0. The second-order valence-electron chi connectivity index (χ2n) is 10.7. The molecule has 0 unspecified atom stereocenters. The van der Waals surface area contributed by atoms with Crippen LogP contribution in [0.3, 0.4) is 0 Å². The van der Waals surface area contributed by atoms with Crippen LogP contribution in [0, 0.1) is 39.5 Å². The molecule has 0 saturated carbocycles. The number of benzene rings is 5. The summed E-state index contributed by atoms with van der Waals surface area (Å²) in [6, 6.07) is 46.6. The maximum Gasteiger partial charge on any atom is 0.0702 e. The number of aryl methyl sites for hydroxylation is 4. The van der Waals surface area contributed by atoms with E-state index < -0.39 is 0 Å². The Morgan fingerprint density at radius 1 is 0.333 bits per heavy atom. The normalized spacial score (nSPS) is 10.2. The van der Waals surface area contributed by atoms with Gasteiger partial charge in [0.2, 0.25) is 0 Å². The van der Waals surface area contributed by atoms with Crippen LogP contribution in [0.5, 0.6) is 0 Å². The zero-order valence-electron chi connectivity index (χ0n) is 24.7. The van der Waals surface area contributed by atoms with Gasteiger partial charge in [0.05, 0.1) is 5.69 Å². The average molecular weight is 542 g/mol. The maximum atomic E-state index is 4.46. The van der Waals surface area contributed by atoms with Crippen LogP contribution in [0.4, 0.5) is 0 Å². The Hall–Kier alpha value is -5.19. The Labute approximate surface area is 250 Å². The van der Waals surface area contributed by atoms with Gasteiger partial charge in [-0.25, -0.2) is 0 Å². The predicted octanol–water partition coefficient (Wildman–Crippen LogP) is 10.4. The second-order valence-corrected chi connectivity index (χ2v) is 10.7. The van der Waals surface area contributed by atoms with E-state index in [-0.39, 0.29) is 0 Å². The highest BCUT2D eigenvalue weighted by Gasteiger charge is 2.01. The van der Waals surface area contributed by atoms with Gasteiger partial charge in [0.1, 0.15) is 0 Å². The standard InChI is InChI=1S/C22H18.C19H17N/c1-17-3-7-19(8-4-17)9-10-20-11-15-22(16-12-20)21-13-5-18(2)6-14-21;1-14-3-6-16(7-4-14)17-8-10-18(11-9-17)19-12-5-15(2)13-20-19/h3-8,11-16H,1-2H3;3-13H,1-2H3. The molecule has 5 aromatic carbocycles. The van der Waals surface area contributed by atoms with Gasteiger partial charge in [0.15, 0.2) is 0 Å². The summed E-state index contributed by atoms with van der Waals surface area (Å²) in [6.07, 6.45) is 1.91. The minimum Gasteiger partial charge on any atom is -0.256 e. The first-order valence-corrected chi connectivity index (χ1v) is 14.3. The Kier molecular flexibility index (Phi) is 9.07. The lowest BCUT2D eigenvalue weighted by Gasteiger charge is -2.05. The molecule has 0 atom stereocenters. The van der Waals surface area contributed by atoms with E-state index in [9.17, 15) is 0 Å². The number of nitrogens with zero attached hydrogens (tertiary/aromatic N) is 1. The average Bonchev–Trinajstić information content (AvgIpc) is 3.03. The van der Waals surface area contributed by atoms with E-state index in [0.717, 1.165) is 22.4 Å². The summed E-state index contributed by atoms with van der Waals surface area (Å²) in [7, 11) is 0. The van der Waals surface area contributed by atoms with Crippen LogP contribution in [0.25, 0.3) is 33.5 Å². The van der Waals surface area contributed by atoms with Crippen LogP contribution in [0.15, 0.2) is 140 Å². The van der Waals surface area contributed by atoms with Crippen LogP contribution in [-0.2, 0) is 0 Å². The van der Waals surface area contributed by atoms with Crippen molar-refractivity contribution in [1.29, 1.82) is 0 Å². The summed E-state index contributed by atoms with van der Waals surface area (Å²) in [6.45, 7) is 8.35. The molecule has 0 spiro atoms. The monoisotopic (exact) mass is 541 g/mol. The molecule has 1 heterocycles. The van der Waals surface area contributed by atoms with Gasteiger partial charge in [-0.15, -0.1) is 0 Å². The van der Waals surface area contributed by atoms with Crippen molar-refractivity contribution in [3.05, 3.63) is 173 Å². The Balaban J connectivity index is 0.000000169. The lowest BCUT2D eigenvalue weighted by atomic mass is 10.0. The van der Waals surface area contributed by atoms with Crippen molar-refractivity contribution in [2.45, 2.75) is 27.7 Å². The van der Waals surface area contributed by atoms with E-state index in [4.69, 9.17) is 0 Å². The van der Waals surface area contributed by atoms with Crippen LogP contribution >= 0.6 is 0 Å². The third-order valence-electron chi connectivity index (χ3n) is 7.15. The molecule has 0 amide bonds. The minimum atomic E-state index is 1.02. The molecule has 1 aromatic heterocycles. The largest absolute Gasteiger partial charge is 0.256 e. The maximum absolute atomic E-state index is 4.46. The van der Waals surface area contributed by atoms with E-state index in [2.05, 4.69) is 178 Å². The van der Waals surface area contributed by atoms with E-state index in [1.54, 1.807) is 0 Å². The van der Waals surface area contributed by atoms with E-state index >= 15 is 0 Å². The molecule has 0 fully saturated rings. The molecule has 0 aliphatic heterocycles. The highest BCUT2D eigenvalue weighted by Crippen LogP contribution is 2.24. The highest BCUT2D eigenvalue weighted by molar-refractivity contribution is 5.69. The van der Waals surface area contributed by atoms with E-state index in [1.165, 1.54) is 44.5 Å². The van der Waals surface area contributed by atoms with E-state index in [0.29, 0.717) is 0 Å². The topological polar surface area (TPSA) is 12.9 Å². The van der Waals surface area contributed by atoms with Gasteiger partial charge in [-0.1, -0.05) is 132 Å². The smallest absolute Gasteiger partial charge is 0.0702 e. The summed E-state index contributed by atoms with van der Waals surface area (Å²) in [5.74, 6) is 6.42. The fraction of sp³-hybridized carbons (Fsp3) is 0.0976. The van der Waals surface area contributed by atoms with Gasteiger partial charge in [-0.2, -0.15) is 0 Å². The molecule has 0 aliphatic rings. The van der Waals surface area contributed by atoms with E-state index in [1.807, 2.05) is 6.20 Å². The van der Waals surface area contributed by atoms with Gasteiger partial charge in [0.25, 0.3) is 0 Å². The Bertz CT molecular complexity index is 1720. The summed E-state index contributed by atoms with van der Waals surface area (Å²) in [5, 5.41) is 0. The Morgan fingerprint density at radius 2 is 0.643 bits per heavy atom. The van der Waals surface area contributed by atoms with Crippen LogP contribution in [0.2, 0.25) is 0 Å². The summed E-state index contributed by atoms with van der Waals surface area (Å²) in [4.78, 5) is 4.46. The van der Waals surface area contributed by atoms with Crippen molar-refractivity contribution in [3.63, 3.8) is 0 Å². The molecule has 6 rings (SSSR count). The van der Waals surface area contributed by atoms with Crippen molar-refractivity contribution >= 4 is 0 Å². The fourth-order valence-corrected chi connectivity index (χ4v) is 4.49. The molecule has 1 nitrogen and oxygen atoms in total. The van der Waals surface area contributed by atoms with Crippen LogP contribution in [0.1, 0.15) is 33.4 Å². The first kappa shape index (κ1) is 28.3. The Morgan fingerprint density at radius 3 is 1.05 bits per heavy atom. The number of pyridine rings is 1. The molecule has 0 N–H and O–H groups in total. The van der Waals surface area contributed by atoms with Crippen LogP contribution < -0.4 is 0 Å². The molecule has 204 valence electrons. The van der Waals surface area contributed by atoms with Gasteiger partial charge < -0.3 is 0 Å². The predicted molar refractivity (Wildman–Crippen MR) is 178 cm³/mol. The molecular formula is C41H35N. The lowest BCUT2D eigenvalue weighted by Crippen LogP contribution is -1.84. The number of rotatable bonds is 3. The molecule has 0 radical (unpaired) electrons. The second kappa shape index (κ2) is 13.4. The molecule has 6 aromatic rings. The first-order valence-electron chi connectivity index (χ1n) is 14.3. The minimum absolute atomic E-state index is 1.02. The zero-order chi connectivity index (χ0) is 29.3. The van der Waals surface area contributed by atoms with Crippen molar-refractivity contribution in [3.8, 4) is 45.4 Å². The molecule has 0 saturated heterocycles. The van der Waals surface area contributed by atoms with Crippen molar-refractivity contribution in [2.75, 3.05) is 0 Å². The molecule has 42 heavy (non-hydrogen) atoms. The van der Waals surface area contributed by atoms with Gasteiger partial charge in [-0.3, -0.25) is 4.98 Å². The van der Waals surface area contributed by atoms with Gasteiger partial charge in [0, 0.05) is 22.9 Å². The van der Waals surface area contributed by atoms with Gasteiger partial charge in [-0.05, 0) is 85.8 Å². The third-order valence-corrected chi connectivity index (χ3v) is 7.15. The number of aromatic nitrogens is 1. The quantitative estimate of drug-likeness (QED) is 0.203. The fourth-order valence-electron chi connectivity index (χ4n) is 4.49. The van der Waals surface area contributed by atoms with Crippen molar-refractivity contribution in [1.82, 2.24) is 4.98 Å². The summed E-state index contributed by atoms with van der Waals surface area (Å²) in [5.41, 5.74) is 14.2. The molecule has 1 heteroatoms. The number of hydrogen-bond donors (Lipinski definition) is 0. The summed E-state index contributed by atoms with van der Waals surface area (Å²) >= 11 is 0. The lowest BCUT2D eigenvalue weighted by molar-refractivity contribution is 1.27. The zero-order valence-corrected chi connectivity index (χ0v) is 24.7. The first-order chi connectivity index (χ1) is 20.4.